The highest BCUT2D eigenvalue weighted by molar-refractivity contribution is 6.42. The van der Waals surface area contributed by atoms with Crippen LogP contribution in [0.15, 0.2) is 24.8 Å². The van der Waals surface area contributed by atoms with Crippen LogP contribution in [0.5, 0.6) is 5.75 Å². The summed E-state index contributed by atoms with van der Waals surface area (Å²) < 4.78 is 11.1. The lowest BCUT2D eigenvalue weighted by Crippen LogP contribution is -2.46. The van der Waals surface area contributed by atoms with E-state index < -0.39 is 5.60 Å². The lowest BCUT2D eigenvalue weighted by molar-refractivity contribution is 0.0118. The standard InChI is InChI=1S/C21H27Cl2NO4/c1-6-9-27-18-11-17(23)16(22)10-15(18)19(25)14-7-8-24(12-13(14)2)20(26)28-21(3,4)5/h6,10-11,13-14H,1,7-9,12H2,2-5H3/t13-,14+/m1/s1. The molecule has 0 saturated carbocycles. The van der Waals surface area contributed by atoms with Crippen molar-refractivity contribution in [2.75, 3.05) is 19.7 Å². The third-order valence-corrected chi connectivity index (χ3v) is 5.26. The molecule has 0 aliphatic carbocycles. The van der Waals surface area contributed by atoms with Crippen molar-refractivity contribution in [1.29, 1.82) is 0 Å². The van der Waals surface area contributed by atoms with Crippen molar-refractivity contribution in [3.8, 4) is 5.75 Å². The average Bonchev–Trinajstić information content (AvgIpc) is 2.60. The molecule has 1 amide bonds. The third-order valence-electron chi connectivity index (χ3n) is 4.54. The summed E-state index contributed by atoms with van der Waals surface area (Å²) in [6.45, 7) is 12.2. The first kappa shape index (κ1) is 22.6. The molecule has 1 aliphatic rings. The van der Waals surface area contributed by atoms with Gasteiger partial charge in [-0.1, -0.05) is 42.8 Å². The van der Waals surface area contributed by atoms with Crippen LogP contribution in [0.4, 0.5) is 4.79 Å². The highest BCUT2D eigenvalue weighted by Gasteiger charge is 2.36. The fourth-order valence-corrected chi connectivity index (χ4v) is 3.53. The van der Waals surface area contributed by atoms with Crippen LogP contribution >= 0.6 is 23.2 Å². The highest BCUT2D eigenvalue weighted by Crippen LogP contribution is 2.35. The quantitative estimate of drug-likeness (QED) is 0.450. The van der Waals surface area contributed by atoms with E-state index in [1.807, 2.05) is 27.7 Å². The molecule has 2 rings (SSSR count). The zero-order valence-electron chi connectivity index (χ0n) is 16.8. The minimum Gasteiger partial charge on any atom is -0.489 e. The number of benzene rings is 1. The first-order valence-electron chi connectivity index (χ1n) is 9.28. The number of halogens is 2. The van der Waals surface area contributed by atoms with Gasteiger partial charge in [-0.25, -0.2) is 4.79 Å². The number of carbonyl (C=O) groups is 2. The molecule has 5 nitrogen and oxygen atoms in total. The van der Waals surface area contributed by atoms with E-state index in [1.165, 1.54) is 0 Å². The second-order valence-corrected chi connectivity index (χ2v) is 8.84. The Morgan fingerprint density at radius 1 is 1.29 bits per heavy atom. The molecule has 1 fully saturated rings. The first-order valence-corrected chi connectivity index (χ1v) is 10.0. The van der Waals surface area contributed by atoms with Gasteiger partial charge in [-0.3, -0.25) is 4.79 Å². The third kappa shape index (κ3) is 5.65. The minimum absolute atomic E-state index is 0.0320. The number of rotatable bonds is 5. The number of Topliss-reactive ketones (excluding diaryl/α,β-unsaturated/α-hetero) is 1. The molecule has 1 heterocycles. The van der Waals surface area contributed by atoms with Gasteiger partial charge >= 0.3 is 6.09 Å². The van der Waals surface area contributed by atoms with Crippen LogP contribution in [-0.4, -0.2) is 42.1 Å². The Balaban J connectivity index is 2.17. The van der Waals surface area contributed by atoms with Gasteiger partial charge in [0.2, 0.25) is 0 Å². The number of hydrogen-bond acceptors (Lipinski definition) is 4. The highest BCUT2D eigenvalue weighted by atomic mass is 35.5. The first-order chi connectivity index (χ1) is 13.0. The van der Waals surface area contributed by atoms with E-state index in [0.717, 1.165) is 0 Å². The van der Waals surface area contributed by atoms with Crippen LogP contribution in [0.2, 0.25) is 10.0 Å². The van der Waals surface area contributed by atoms with Gasteiger partial charge in [0.25, 0.3) is 0 Å². The Morgan fingerprint density at radius 2 is 1.93 bits per heavy atom. The smallest absolute Gasteiger partial charge is 0.410 e. The maximum atomic E-state index is 13.2. The van der Waals surface area contributed by atoms with Crippen LogP contribution in [0.25, 0.3) is 0 Å². The molecule has 1 aliphatic heterocycles. The van der Waals surface area contributed by atoms with Gasteiger partial charge in [-0.05, 0) is 39.2 Å². The molecule has 0 N–H and O–H groups in total. The lowest BCUT2D eigenvalue weighted by Gasteiger charge is -2.37. The topological polar surface area (TPSA) is 55.8 Å². The van der Waals surface area contributed by atoms with Crippen molar-refractivity contribution < 1.29 is 19.1 Å². The van der Waals surface area contributed by atoms with E-state index in [-0.39, 0.29) is 30.3 Å². The Labute approximate surface area is 176 Å². The predicted molar refractivity (Wildman–Crippen MR) is 112 cm³/mol. The fourth-order valence-electron chi connectivity index (χ4n) is 3.22. The molecule has 154 valence electrons. The summed E-state index contributed by atoms with van der Waals surface area (Å²) in [5.41, 5.74) is -0.149. The van der Waals surface area contributed by atoms with Gasteiger partial charge < -0.3 is 14.4 Å². The van der Waals surface area contributed by atoms with Gasteiger partial charge in [0.15, 0.2) is 5.78 Å². The molecule has 0 radical (unpaired) electrons. The summed E-state index contributed by atoms with van der Waals surface area (Å²) in [5, 5.41) is 0.625. The largest absolute Gasteiger partial charge is 0.489 e. The zero-order valence-corrected chi connectivity index (χ0v) is 18.3. The monoisotopic (exact) mass is 427 g/mol. The normalized spacial score (nSPS) is 19.9. The second-order valence-electron chi connectivity index (χ2n) is 8.03. The molecule has 2 atom stereocenters. The van der Waals surface area contributed by atoms with E-state index >= 15 is 0 Å². The van der Waals surface area contributed by atoms with Gasteiger partial charge in [0.05, 0.1) is 15.6 Å². The number of nitrogens with zero attached hydrogens (tertiary/aromatic N) is 1. The fraction of sp³-hybridized carbons (Fsp3) is 0.524. The molecule has 0 spiro atoms. The summed E-state index contributed by atoms with van der Waals surface area (Å²) in [7, 11) is 0. The number of ether oxygens (including phenoxy) is 2. The van der Waals surface area contributed by atoms with E-state index in [4.69, 9.17) is 32.7 Å². The summed E-state index contributed by atoms with van der Waals surface area (Å²) in [4.78, 5) is 27.2. The van der Waals surface area contributed by atoms with E-state index in [9.17, 15) is 9.59 Å². The summed E-state index contributed by atoms with van der Waals surface area (Å²) in [6.07, 6.45) is 1.79. The molecule has 0 aromatic heterocycles. The van der Waals surface area contributed by atoms with Crippen molar-refractivity contribution in [2.45, 2.75) is 39.7 Å². The Kier molecular flexibility index (Phi) is 7.40. The number of amides is 1. The lowest BCUT2D eigenvalue weighted by atomic mass is 9.81. The van der Waals surface area contributed by atoms with Crippen molar-refractivity contribution in [1.82, 2.24) is 4.90 Å². The molecule has 0 unspecified atom stereocenters. The molecule has 1 aromatic carbocycles. The molecule has 1 aromatic rings. The van der Waals surface area contributed by atoms with Gasteiger partial charge in [-0.2, -0.15) is 0 Å². The number of likely N-dealkylation sites (tertiary alicyclic amines) is 1. The molecule has 28 heavy (non-hydrogen) atoms. The van der Waals surface area contributed by atoms with E-state index in [0.29, 0.717) is 40.9 Å². The summed E-state index contributed by atoms with van der Waals surface area (Å²) >= 11 is 12.2. The Hall–Kier alpha value is -1.72. The average molecular weight is 428 g/mol. The minimum atomic E-state index is -0.551. The predicted octanol–water partition coefficient (Wildman–Crippen LogP) is 5.63. The van der Waals surface area contributed by atoms with Crippen molar-refractivity contribution in [2.24, 2.45) is 11.8 Å². The molecule has 7 heteroatoms. The maximum Gasteiger partial charge on any atom is 0.410 e. The van der Waals surface area contributed by atoms with Crippen molar-refractivity contribution in [3.05, 3.63) is 40.4 Å². The van der Waals surface area contributed by atoms with Crippen LogP contribution in [0, 0.1) is 11.8 Å². The van der Waals surface area contributed by atoms with Crippen LogP contribution in [0.1, 0.15) is 44.5 Å². The maximum absolute atomic E-state index is 13.2. The van der Waals surface area contributed by atoms with Gasteiger partial charge in [0, 0.05) is 25.1 Å². The molecule has 1 saturated heterocycles. The second kappa shape index (κ2) is 9.19. The van der Waals surface area contributed by atoms with Crippen LogP contribution in [0.3, 0.4) is 0 Å². The number of piperidine rings is 1. The van der Waals surface area contributed by atoms with Crippen LogP contribution < -0.4 is 4.74 Å². The summed E-state index contributed by atoms with van der Waals surface area (Å²) in [6, 6.07) is 3.11. The number of hydrogen-bond donors (Lipinski definition) is 0. The van der Waals surface area contributed by atoms with Gasteiger partial charge in [-0.15, -0.1) is 0 Å². The van der Waals surface area contributed by atoms with Crippen molar-refractivity contribution in [3.63, 3.8) is 0 Å². The van der Waals surface area contributed by atoms with E-state index in [1.54, 1.807) is 23.1 Å². The number of carbonyl (C=O) groups excluding carboxylic acids is 2. The molecular weight excluding hydrogens is 401 g/mol. The molecule has 0 bridgehead atoms. The summed E-state index contributed by atoms with van der Waals surface area (Å²) in [5.74, 6) is 0.0486. The number of ketones is 1. The van der Waals surface area contributed by atoms with Gasteiger partial charge in [0.1, 0.15) is 18.0 Å². The SMILES string of the molecule is C=CCOc1cc(Cl)c(Cl)cc1C(=O)[C@H]1CCN(C(=O)OC(C)(C)C)C[C@H]1C. The Morgan fingerprint density at radius 3 is 2.50 bits per heavy atom. The van der Waals surface area contributed by atoms with E-state index in [2.05, 4.69) is 6.58 Å². The molecular formula is C21H27Cl2NO4. The Bertz CT molecular complexity index is 758. The van der Waals surface area contributed by atoms with Crippen molar-refractivity contribution >= 4 is 35.1 Å². The zero-order chi connectivity index (χ0) is 21.1. The van der Waals surface area contributed by atoms with Crippen LogP contribution in [-0.2, 0) is 4.74 Å².